The molecule has 0 aliphatic carbocycles. The number of amidine groups is 1. The maximum atomic E-state index is 5.33. The van der Waals surface area contributed by atoms with Crippen LogP contribution in [0.2, 0.25) is 0 Å². The summed E-state index contributed by atoms with van der Waals surface area (Å²) in [7, 11) is 1.98. The minimum Gasteiger partial charge on any atom is -0.374 e. The van der Waals surface area contributed by atoms with Crippen molar-refractivity contribution in [3.63, 3.8) is 0 Å². The quantitative estimate of drug-likeness (QED) is 0.507. The molecule has 0 fully saturated rings. The predicted molar refractivity (Wildman–Crippen MR) is 79.1 cm³/mol. The predicted octanol–water partition coefficient (Wildman–Crippen LogP) is 2.48. The number of benzene rings is 1. The second-order valence-electron chi connectivity index (χ2n) is 3.55. The number of nitrogens with one attached hydrogen (secondary N) is 1. The summed E-state index contributed by atoms with van der Waals surface area (Å²) in [6.07, 6.45) is 0. The maximum Gasteiger partial charge on any atom is 0.163 e. The first-order valence-electron chi connectivity index (χ1n) is 5.82. The summed E-state index contributed by atoms with van der Waals surface area (Å²) in [6, 6.07) is 10.1. The van der Waals surface area contributed by atoms with Crippen LogP contribution < -0.4 is 10.2 Å². The average molecular weight is 249 g/mol. The van der Waals surface area contributed by atoms with Crippen LogP contribution in [0.15, 0.2) is 35.3 Å². The van der Waals surface area contributed by atoms with E-state index in [1.54, 1.807) is 0 Å². The van der Waals surface area contributed by atoms with Gasteiger partial charge in [-0.2, -0.15) is 0 Å². The zero-order chi connectivity index (χ0) is 12.7. The van der Waals surface area contributed by atoms with Crippen molar-refractivity contribution in [2.45, 2.75) is 13.8 Å². The third-order valence-electron chi connectivity index (χ3n) is 2.31. The molecule has 17 heavy (non-hydrogen) atoms. The van der Waals surface area contributed by atoms with E-state index in [0.29, 0.717) is 4.99 Å². The van der Waals surface area contributed by atoms with Crippen LogP contribution in [0.4, 0.5) is 5.69 Å². The highest BCUT2D eigenvalue weighted by atomic mass is 32.1. The van der Waals surface area contributed by atoms with Gasteiger partial charge in [-0.25, -0.2) is 0 Å². The van der Waals surface area contributed by atoms with E-state index in [-0.39, 0.29) is 0 Å². The molecule has 1 aromatic carbocycles. The summed E-state index contributed by atoms with van der Waals surface area (Å²) in [6.45, 7) is 5.56. The molecule has 3 nitrogen and oxygen atoms in total. The standard InChI is InChI=1S/C13H19N3S/c1-4-14-12(13(17)15-5-2)16(3)11-9-7-6-8-10-11/h6-10H,4-5H2,1-3H3,(H,15,17). The summed E-state index contributed by atoms with van der Waals surface area (Å²) < 4.78 is 0. The van der Waals surface area contributed by atoms with Crippen LogP contribution in [0.1, 0.15) is 13.8 Å². The van der Waals surface area contributed by atoms with Gasteiger partial charge in [0.2, 0.25) is 0 Å². The Balaban J connectivity index is 2.92. The van der Waals surface area contributed by atoms with E-state index in [0.717, 1.165) is 24.6 Å². The molecular weight excluding hydrogens is 230 g/mol. The topological polar surface area (TPSA) is 27.6 Å². The van der Waals surface area contributed by atoms with E-state index in [1.165, 1.54) is 0 Å². The molecule has 4 heteroatoms. The third-order valence-corrected chi connectivity index (χ3v) is 2.64. The highest BCUT2D eigenvalue weighted by Gasteiger charge is 2.12. The number of thiocarbonyl (C=S) groups is 1. The van der Waals surface area contributed by atoms with E-state index in [1.807, 2.05) is 56.1 Å². The molecule has 0 heterocycles. The van der Waals surface area contributed by atoms with Gasteiger partial charge in [0.05, 0.1) is 0 Å². The zero-order valence-corrected chi connectivity index (χ0v) is 11.4. The lowest BCUT2D eigenvalue weighted by molar-refractivity contribution is 0.983. The molecule has 0 aliphatic heterocycles. The largest absolute Gasteiger partial charge is 0.374 e. The first-order chi connectivity index (χ1) is 8.20. The second kappa shape index (κ2) is 7.01. The van der Waals surface area contributed by atoms with Gasteiger partial charge in [0.1, 0.15) is 4.99 Å². The number of aliphatic imine (C=N–C) groups is 1. The molecule has 1 N–H and O–H groups in total. The van der Waals surface area contributed by atoms with E-state index >= 15 is 0 Å². The summed E-state index contributed by atoms with van der Waals surface area (Å²) in [4.78, 5) is 7.16. The number of para-hydroxylation sites is 1. The monoisotopic (exact) mass is 249 g/mol. The molecule has 0 saturated carbocycles. The minimum atomic E-state index is 0.695. The first-order valence-corrected chi connectivity index (χ1v) is 6.23. The second-order valence-corrected chi connectivity index (χ2v) is 3.96. The van der Waals surface area contributed by atoms with Crippen molar-refractivity contribution in [2.75, 3.05) is 25.0 Å². The number of hydrogen-bond acceptors (Lipinski definition) is 2. The molecule has 0 radical (unpaired) electrons. The van der Waals surface area contributed by atoms with E-state index < -0.39 is 0 Å². The van der Waals surface area contributed by atoms with Crippen molar-refractivity contribution in [1.29, 1.82) is 0 Å². The smallest absolute Gasteiger partial charge is 0.163 e. The number of likely N-dealkylation sites (N-methyl/N-ethyl adjacent to an activating group) is 2. The van der Waals surface area contributed by atoms with Gasteiger partial charge in [0.25, 0.3) is 0 Å². The Bertz CT molecular complexity index is 387. The van der Waals surface area contributed by atoms with Crippen LogP contribution >= 0.6 is 12.2 Å². The lowest BCUT2D eigenvalue weighted by atomic mass is 10.3. The number of nitrogens with zero attached hydrogens (tertiary/aromatic N) is 2. The molecule has 0 spiro atoms. The molecule has 0 unspecified atom stereocenters. The highest BCUT2D eigenvalue weighted by Crippen LogP contribution is 2.12. The van der Waals surface area contributed by atoms with Crippen LogP contribution in [0.5, 0.6) is 0 Å². The van der Waals surface area contributed by atoms with E-state index in [2.05, 4.69) is 10.3 Å². The Kier molecular flexibility index (Phi) is 5.63. The first kappa shape index (κ1) is 13.6. The highest BCUT2D eigenvalue weighted by molar-refractivity contribution is 7.82. The van der Waals surface area contributed by atoms with Crippen LogP contribution in [0.3, 0.4) is 0 Å². The number of rotatable bonds is 3. The molecule has 0 bridgehead atoms. The maximum absolute atomic E-state index is 5.33. The van der Waals surface area contributed by atoms with Crippen molar-refractivity contribution in [3.05, 3.63) is 30.3 Å². The van der Waals surface area contributed by atoms with Gasteiger partial charge >= 0.3 is 0 Å². The Hall–Kier alpha value is -1.42. The van der Waals surface area contributed by atoms with Crippen molar-refractivity contribution in [2.24, 2.45) is 4.99 Å². The van der Waals surface area contributed by atoms with Gasteiger partial charge in [0.15, 0.2) is 5.84 Å². The SMILES string of the molecule is CCN=C(C(=S)NCC)N(C)c1ccccc1. The molecule has 1 aromatic rings. The molecule has 0 aliphatic rings. The van der Waals surface area contributed by atoms with Crippen molar-refractivity contribution >= 4 is 28.7 Å². The molecular formula is C13H19N3S. The van der Waals surface area contributed by atoms with Crippen molar-refractivity contribution in [3.8, 4) is 0 Å². The Morgan fingerprint density at radius 1 is 1.29 bits per heavy atom. The van der Waals surface area contributed by atoms with Gasteiger partial charge in [0, 0.05) is 25.8 Å². The average Bonchev–Trinajstić information content (AvgIpc) is 2.36. The number of hydrogen-bond donors (Lipinski definition) is 1. The molecule has 92 valence electrons. The van der Waals surface area contributed by atoms with Crippen molar-refractivity contribution < 1.29 is 0 Å². The van der Waals surface area contributed by atoms with Crippen LogP contribution in [0.25, 0.3) is 0 Å². The molecule has 0 atom stereocenters. The fourth-order valence-corrected chi connectivity index (χ4v) is 1.84. The normalized spacial score (nSPS) is 11.1. The molecule has 0 amide bonds. The lowest BCUT2D eigenvalue weighted by Crippen LogP contribution is -2.40. The zero-order valence-electron chi connectivity index (χ0n) is 10.6. The molecule has 0 saturated heterocycles. The summed E-state index contributed by atoms with van der Waals surface area (Å²) in [5.74, 6) is 0.815. The van der Waals surface area contributed by atoms with E-state index in [4.69, 9.17) is 12.2 Å². The van der Waals surface area contributed by atoms with Gasteiger partial charge in [-0.3, -0.25) is 4.99 Å². The van der Waals surface area contributed by atoms with E-state index in [9.17, 15) is 0 Å². The third kappa shape index (κ3) is 3.82. The summed E-state index contributed by atoms with van der Waals surface area (Å²) in [5.41, 5.74) is 1.08. The Labute approximate surface area is 109 Å². The van der Waals surface area contributed by atoms with Gasteiger partial charge in [-0.05, 0) is 26.0 Å². The van der Waals surface area contributed by atoms with Gasteiger partial charge in [-0.15, -0.1) is 0 Å². The van der Waals surface area contributed by atoms with Crippen LogP contribution in [-0.4, -0.2) is 31.0 Å². The summed E-state index contributed by atoms with van der Waals surface area (Å²) in [5, 5.41) is 3.14. The molecule has 0 aromatic heterocycles. The number of anilines is 1. The van der Waals surface area contributed by atoms with Crippen LogP contribution in [0, 0.1) is 0 Å². The minimum absolute atomic E-state index is 0.695. The fraction of sp³-hybridized carbons (Fsp3) is 0.385. The van der Waals surface area contributed by atoms with Crippen molar-refractivity contribution in [1.82, 2.24) is 5.32 Å². The van der Waals surface area contributed by atoms with Gasteiger partial charge in [-0.1, -0.05) is 30.4 Å². The Morgan fingerprint density at radius 2 is 1.94 bits per heavy atom. The summed E-state index contributed by atoms with van der Waals surface area (Å²) >= 11 is 5.33. The van der Waals surface area contributed by atoms with Crippen LogP contribution in [-0.2, 0) is 0 Å². The molecule has 1 rings (SSSR count). The van der Waals surface area contributed by atoms with Gasteiger partial charge < -0.3 is 10.2 Å². The fourth-order valence-electron chi connectivity index (χ4n) is 1.49. The Morgan fingerprint density at radius 3 is 2.47 bits per heavy atom. The lowest BCUT2D eigenvalue weighted by Gasteiger charge is -2.22.